The molecule has 0 aliphatic carbocycles. The zero-order valence-electron chi connectivity index (χ0n) is 10.6. The van der Waals surface area contributed by atoms with Crippen LogP contribution in [0.3, 0.4) is 0 Å². The number of carbonyl (C=O) groups excluding carboxylic acids is 1. The first kappa shape index (κ1) is 15.5. The number of benzene rings is 1. The van der Waals surface area contributed by atoms with E-state index in [1.54, 1.807) is 12.1 Å². The molecule has 1 aliphatic rings. The Hall–Kier alpha value is -0.870. The predicted molar refractivity (Wildman–Crippen MR) is 82.9 cm³/mol. The maximum absolute atomic E-state index is 12.3. The van der Waals surface area contributed by atoms with Gasteiger partial charge < -0.3 is 10.0 Å². The molecule has 1 aromatic carbocycles. The Labute approximate surface area is 131 Å². The first-order chi connectivity index (χ1) is 9.29. The number of nitrogens with zero attached hydrogens (tertiary/aromatic N) is 1. The molecule has 1 amide bonds. The Morgan fingerprint density at radius 1 is 1.45 bits per heavy atom. The quantitative estimate of drug-likeness (QED) is 0.708. The topological polar surface area (TPSA) is 101 Å². The summed E-state index contributed by atoms with van der Waals surface area (Å²) in [7, 11) is -3.63. The van der Waals surface area contributed by atoms with Gasteiger partial charge in [-0.1, -0.05) is 0 Å². The number of carbonyl (C=O) groups is 1. The minimum absolute atomic E-state index is 0.0384. The van der Waals surface area contributed by atoms with Gasteiger partial charge in [-0.15, -0.1) is 0 Å². The summed E-state index contributed by atoms with van der Waals surface area (Å²) < 4.78 is 23.4. The zero-order valence-corrected chi connectivity index (χ0v) is 13.6. The van der Waals surface area contributed by atoms with Crippen LogP contribution in [0.1, 0.15) is 23.2 Å². The molecule has 1 heterocycles. The zero-order chi connectivity index (χ0) is 14.9. The van der Waals surface area contributed by atoms with Crippen molar-refractivity contribution in [2.45, 2.75) is 18.1 Å². The van der Waals surface area contributed by atoms with E-state index in [0.717, 1.165) is 0 Å². The Balaban J connectivity index is 2.18. The highest BCUT2D eigenvalue weighted by molar-refractivity contribution is 14.1. The monoisotopic (exact) mass is 410 g/mol. The number of nitrogens with two attached hydrogens (primary N) is 1. The number of sulfonamides is 1. The van der Waals surface area contributed by atoms with Gasteiger partial charge in [-0.05, 0) is 53.6 Å². The largest absolute Gasteiger partial charge is 0.507 e. The SMILES string of the molecule is NS(=O)(=O)C1CCCN(C(=O)c2ccc(I)c(O)c2)C1. The van der Waals surface area contributed by atoms with E-state index >= 15 is 0 Å². The Morgan fingerprint density at radius 3 is 2.75 bits per heavy atom. The summed E-state index contributed by atoms with van der Waals surface area (Å²) in [6.45, 7) is 0.599. The van der Waals surface area contributed by atoms with Crippen LogP contribution in [0.2, 0.25) is 0 Å². The second-order valence-corrected chi connectivity index (χ2v) is 7.78. The molecule has 20 heavy (non-hydrogen) atoms. The molecule has 1 unspecified atom stereocenters. The number of likely N-dealkylation sites (tertiary alicyclic amines) is 1. The van der Waals surface area contributed by atoms with E-state index < -0.39 is 15.3 Å². The first-order valence-corrected chi connectivity index (χ1v) is 8.77. The van der Waals surface area contributed by atoms with Gasteiger partial charge in [-0.25, -0.2) is 13.6 Å². The maximum Gasteiger partial charge on any atom is 0.254 e. The van der Waals surface area contributed by atoms with Crippen molar-refractivity contribution in [2.24, 2.45) is 5.14 Å². The van der Waals surface area contributed by atoms with E-state index in [9.17, 15) is 18.3 Å². The molecule has 6 nitrogen and oxygen atoms in total. The van der Waals surface area contributed by atoms with Crippen molar-refractivity contribution >= 4 is 38.5 Å². The molecule has 1 aromatic rings. The molecule has 1 saturated heterocycles. The highest BCUT2D eigenvalue weighted by Gasteiger charge is 2.30. The molecule has 1 aliphatic heterocycles. The number of primary sulfonamides is 1. The van der Waals surface area contributed by atoms with Gasteiger partial charge in [0.1, 0.15) is 5.75 Å². The number of hydrogen-bond acceptors (Lipinski definition) is 4. The second-order valence-electron chi connectivity index (χ2n) is 4.77. The van der Waals surface area contributed by atoms with Crippen molar-refractivity contribution < 1.29 is 18.3 Å². The molecule has 3 N–H and O–H groups in total. The highest BCUT2D eigenvalue weighted by atomic mass is 127. The Bertz CT molecular complexity index is 632. The molecule has 0 aromatic heterocycles. The standard InChI is InChI=1S/C12H15IN2O4S/c13-10-4-3-8(6-11(10)16)12(17)15-5-1-2-9(7-15)20(14,18)19/h3-4,6,9,16H,1-2,5,7H2,(H2,14,18,19). The van der Waals surface area contributed by atoms with E-state index in [1.807, 2.05) is 22.6 Å². The molecule has 110 valence electrons. The molecule has 1 atom stereocenters. The number of halogens is 1. The Morgan fingerprint density at radius 2 is 2.15 bits per heavy atom. The van der Waals surface area contributed by atoms with Crippen LogP contribution in [0.15, 0.2) is 18.2 Å². The van der Waals surface area contributed by atoms with Crippen LogP contribution in [-0.4, -0.2) is 42.7 Å². The minimum Gasteiger partial charge on any atom is -0.507 e. The van der Waals surface area contributed by atoms with Gasteiger partial charge in [-0.3, -0.25) is 4.79 Å². The fraction of sp³-hybridized carbons (Fsp3) is 0.417. The lowest BCUT2D eigenvalue weighted by Crippen LogP contribution is -2.47. The third-order valence-electron chi connectivity index (χ3n) is 3.32. The summed E-state index contributed by atoms with van der Waals surface area (Å²) >= 11 is 1.96. The van der Waals surface area contributed by atoms with E-state index in [0.29, 0.717) is 28.5 Å². The summed E-state index contributed by atoms with van der Waals surface area (Å²) in [5, 5.41) is 14.1. The van der Waals surface area contributed by atoms with Crippen LogP contribution in [0.25, 0.3) is 0 Å². The van der Waals surface area contributed by atoms with Gasteiger partial charge in [-0.2, -0.15) is 0 Å². The summed E-state index contributed by atoms with van der Waals surface area (Å²) in [4.78, 5) is 13.8. The van der Waals surface area contributed by atoms with Crippen LogP contribution >= 0.6 is 22.6 Å². The number of phenols is 1. The van der Waals surface area contributed by atoms with Gasteiger partial charge in [0.2, 0.25) is 10.0 Å². The van der Waals surface area contributed by atoms with Gasteiger partial charge in [0, 0.05) is 18.7 Å². The maximum atomic E-state index is 12.3. The summed E-state index contributed by atoms with van der Waals surface area (Å²) in [5.74, 6) is -0.249. The molecule has 0 bridgehead atoms. The molecule has 0 saturated carbocycles. The third kappa shape index (κ3) is 3.41. The normalized spacial score (nSPS) is 19.9. The van der Waals surface area contributed by atoms with Crippen LogP contribution in [-0.2, 0) is 10.0 Å². The highest BCUT2D eigenvalue weighted by Crippen LogP contribution is 2.23. The van der Waals surface area contributed by atoms with Crippen molar-refractivity contribution in [3.8, 4) is 5.75 Å². The van der Waals surface area contributed by atoms with E-state index in [2.05, 4.69) is 0 Å². The fourth-order valence-corrected chi connectivity index (χ4v) is 3.44. The van der Waals surface area contributed by atoms with Gasteiger partial charge in [0.15, 0.2) is 0 Å². The number of piperidine rings is 1. The number of phenolic OH excluding ortho intramolecular Hbond substituents is 1. The number of aromatic hydroxyl groups is 1. The number of amides is 1. The van der Waals surface area contributed by atoms with Crippen LogP contribution in [0.4, 0.5) is 0 Å². The number of hydrogen-bond donors (Lipinski definition) is 2. The van der Waals surface area contributed by atoms with Crippen LogP contribution in [0.5, 0.6) is 5.75 Å². The van der Waals surface area contributed by atoms with Crippen LogP contribution < -0.4 is 5.14 Å². The fourth-order valence-electron chi connectivity index (χ4n) is 2.22. The lowest BCUT2D eigenvalue weighted by Gasteiger charge is -2.31. The predicted octanol–water partition coefficient (Wildman–Crippen LogP) is 0.890. The van der Waals surface area contributed by atoms with Crippen molar-refractivity contribution in [3.05, 3.63) is 27.3 Å². The number of rotatable bonds is 2. The van der Waals surface area contributed by atoms with Gasteiger partial charge in [0.05, 0.1) is 8.82 Å². The van der Waals surface area contributed by atoms with E-state index in [-0.39, 0.29) is 18.2 Å². The molecule has 8 heteroatoms. The molecule has 0 radical (unpaired) electrons. The molecule has 0 spiro atoms. The molecule has 2 rings (SSSR count). The molecular weight excluding hydrogens is 395 g/mol. The Kier molecular flexibility index (Phi) is 4.55. The van der Waals surface area contributed by atoms with Gasteiger partial charge in [0.25, 0.3) is 5.91 Å². The summed E-state index contributed by atoms with van der Waals surface area (Å²) in [6, 6.07) is 4.65. The molecule has 1 fully saturated rings. The first-order valence-electron chi connectivity index (χ1n) is 6.08. The van der Waals surface area contributed by atoms with E-state index in [1.165, 1.54) is 11.0 Å². The lowest BCUT2D eigenvalue weighted by molar-refractivity contribution is 0.0726. The summed E-state index contributed by atoms with van der Waals surface area (Å²) in [6.07, 6.45) is 1.07. The summed E-state index contributed by atoms with van der Waals surface area (Å²) in [5.41, 5.74) is 0.345. The second kappa shape index (κ2) is 5.86. The van der Waals surface area contributed by atoms with Crippen molar-refractivity contribution in [3.63, 3.8) is 0 Å². The van der Waals surface area contributed by atoms with E-state index in [4.69, 9.17) is 5.14 Å². The van der Waals surface area contributed by atoms with Crippen LogP contribution in [0, 0.1) is 3.57 Å². The lowest BCUT2D eigenvalue weighted by atomic mass is 10.1. The average Bonchev–Trinajstić information content (AvgIpc) is 2.40. The van der Waals surface area contributed by atoms with Crippen molar-refractivity contribution in [1.29, 1.82) is 0 Å². The van der Waals surface area contributed by atoms with Gasteiger partial charge >= 0.3 is 0 Å². The van der Waals surface area contributed by atoms with Crippen molar-refractivity contribution in [2.75, 3.05) is 13.1 Å². The average molecular weight is 410 g/mol. The third-order valence-corrected chi connectivity index (χ3v) is 5.55. The molecular formula is C12H15IN2O4S. The van der Waals surface area contributed by atoms with Crippen molar-refractivity contribution in [1.82, 2.24) is 4.90 Å². The minimum atomic E-state index is -3.63. The smallest absolute Gasteiger partial charge is 0.254 e.